The zero-order valence-electron chi connectivity index (χ0n) is 16.2. The van der Waals surface area contributed by atoms with Crippen LogP contribution in [0.3, 0.4) is 0 Å². The molecule has 0 heterocycles. The SMILES string of the molecule is C[C@@H]1C[C@H]2[C@@H]3CCC4=CC=C=C[C@]4(C)[C@@]3(F)[C@@H](O)C[C@]2(C)[C@@]1(O)C(=O)CO. The lowest BCUT2D eigenvalue weighted by atomic mass is 9.45. The van der Waals surface area contributed by atoms with Crippen LogP contribution in [0.5, 0.6) is 0 Å². The van der Waals surface area contributed by atoms with Gasteiger partial charge in [0.05, 0.1) is 11.5 Å². The van der Waals surface area contributed by atoms with Gasteiger partial charge in [-0.15, -0.1) is 5.73 Å². The first kappa shape index (κ1) is 19.1. The highest BCUT2D eigenvalue weighted by atomic mass is 19.1. The van der Waals surface area contributed by atoms with Crippen LogP contribution in [-0.2, 0) is 4.79 Å². The van der Waals surface area contributed by atoms with Crippen molar-refractivity contribution in [3.63, 3.8) is 0 Å². The molecule has 0 aromatic heterocycles. The van der Waals surface area contributed by atoms with E-state index in [2.05, 4.69) is 5.73 Å². The summed E-state index contributed by atoms with van der Waals surface area (Å²) in [5.74, 6) is -1.72. The number of fused-ring (bicyclic) bond motifs is 5. The van der Waals surface area contributed by atoms with E-state index >= 15 is 4.39 Å². The third-order valence-corrected chi connectivity index (χ3v) is 8.65. The fraction of sp³-hybridized carbons (Fsp3) is 0.727. The number of hydrogen-bond acceptors (Lipinski definition) is 4. The average molecular weight is 376 g/mol. The maximum absolute atomic E-state index is 16.8. The minimum atomic E-state index is -1.87. The molecular weight excluding hydrogens is 347 g/mol. The van der Waals surface area contributed by atoms with E-state index in [0.29, 0.717) is 12.8 Å². The van der Waals surface area contributed by atoms with Gasteiger partial charge >= 0.3 is 0 Å². The largest absolute Gasteiger partial charge is 0.390 e. The minimum absolute atomic E-state index is 0.00231. The van der Waals surface area contributed by atoms with Crippen molar-refractivity contribution in [2.75, 3.05) is 6.61 Å². The monoisotopic (exact) mass is 376 g/mol. The molecule has 27 heavy (non-hydrogen) atoms. The van der Waals surface area contributed by atoms with Gasteiger partial charge in [-0.3, -0.25) is 4.79 Å². The third kappa shape index (κ3) is 1.96. The van der Waals surface area contributed by atoms with Crippen molar-refractivity contribution in [3.05, 3.63) is 29.5 Å². The summed E-state index contributed by atoms with van der Waals surface area (Å²) in [5, 5.41) is 32.0. The number of halogens is 1. The standard InChI is InChI=1S/C22H29FO4/c1-13-10-16-15-8-7-14-6-4-5-9-19(14,2)21(15,23)17(25)11-20(16,3)22(13,27)18(26)12-24/h4,6,9,13,15-17,24-25,27H,7-8,10-12H2,1-3H3/t13-,15+,16+,17+,19+,20+,21+,22+/m1/s1. The molecule has 148 valence electrons. The zero-order valence-corrected chi connectivity index (χ0v) is 16.2. The lowest BCUT2D eigenvalue weighted by Crippen LogP contribution is -2.69. The summed E-state index contributed by atoms with van der Waals surface area (Å²) < 4.78 is 16.8. The summed E-state index contributed by atoms with van der Waals surface area (Å²) in [6, 6.07) is 0. The number of rotatable bonds is 2. The molecule has 0 saturated heterocycles. The van der Waals surface area contributed by atoms with Crippen LogP contribution in [0.1, 0.15) is 46.5 Å². The van der Waals surface area contributed by atoms with Crippen LogP contribution >= 0.6 is 0 Å². The number of carbonyl (C=O) groups excluding carboxylic acids is 1. The van der Waals surface area contributed by atoms with Crippen LogP contribution < -0.4 is 0 Å². The van der Waals surface area contributed by atoms with Crippen LogP contribution in [0.25, 0.3) is 0 Å². The summed E-state index contributed by atoms with van der Waals surface area (Å²) in [4.78, 5) is 12.5. The highest BCUT2D eigenvalue weighted by molar-refractivity contribution is 5.90. The van der Waals surface area contributed by atoms with Gasteiger partial charge in [0.25, 0.3) is 0 Å². The smallest absolute Gasteiger partial charge is 0.190 e. The highest BCUT2D eigenvalue weighted by Crippen LogP contribution is 2.70. The molecule has 3 saturated carbocycles. The normalized spacial score (nSPS) is 53.4. The van der Waals surface area contributed by atoms with Crippen molar-refractivity contribution >= 4 is 5.78 Å². The predicted molar refractivity (Wildman–Crippen MR) is 98.5 cm³/mol. The maximum atomic E-state index is 16.8. The summed E-state index contributed by atoms with van der Waals surface area (Å²) >= 11 is 0. The Balaban J connectivity index is 1.85. The number of hydrogen-bond donors (Lipinski definition) is 3. The average Bonchev–Trinajstić information content (AvgIpc) is 2.83. The highest BCUT2D eigenvalue weighted by Gasteiger charge is 2.75. The first-order valence-electron chi connectivity index (χ1n) is 9.94. The Kier molecular flexibility index (Phi) is 3.98. The molecule has 0 radical (unpaired) electrons. The van der Waals surface area contributed by atoms with Gasteiger partial charge in [0.2, 0.25) is 0 Å². The first-order chi connectivity index (χ1) is 12.6. The van der Waals surface area contributed by atoms with Crippen LogP contribution in [0.2, 0.25) is 0 Å². The lowest BCUT2D eigenvalue weighted by molar-refractivity contribution is -0.219. The van der Waals surface area contributed by atoms with Crippen molar-refractivity contribution < 1.29 is 24.5 Å². The molecule has 8 atom stereocenters. The molecule has 4 rings (SSSR count). The van der Waals surface area contributed by atoms with Gasteiger partial charge in [0.1, 0.15) is 12.2 Å². The van der Waals surface area contributed by atoms with Gasteiger partial charge in [0.15, 0.2) is 11.5 Å². The lowest BCUT2D eigenvalue weighted by Gasteiger charge is -2.62. The number of allylic oxidation sites excluding steroid dienone is 3. The summed E-state index contributed by atoms with van der Waals surface area (Å²) in [7, 11) is 0. The molecule has 0 spiro atoms. The Bertz CT molecular complexity index is 783. The van der Waals surface area contributed by atoms with Gasteiger partial charge in [-0.2, -0.15) is 0 Å². The van der Waals surface area contributed by atoms with Gasteiger partial charge < -0.3 is 15.3 Å². The van der Waals surface area contributed by atoms with Crippen molar-refractivity contribution in [2.45, 2.75) is 63.8 Å². The number of Topliss-reactive ketones (excluding diaryl/α,β-unsaturated/α-hetero) is 1. The van der Waals surface area contributed by atoms with Gasteiger partial charge in [-0.25, -0.2) is 4.39 Å². The Morgan fingerprint density at radius 1 is 1.37 bits per heavy atom. The molecule has 0 amide bonds. The Hall–Kier alpha value is -1.26. The Morgan fingerprint density at radius 3 is 2.74 bits per heavy atom. The van der Waals surface area contributed by atoms with E-state index in [1.807, 2.05) is 13.0 Å². The van der Waals surface area contributed by atoms with E-state index < -0.39 is 52.4 Å². The Morgan fingerprint density at radius 2 is 2.07 bits per heavy atom. The molecule has 4 aliphatic rings. The number of aliphatic hydroxyl groups is 3. The van der Waals surface area contributed by atoms with E-state index in [0.717, 1.165) is 12.0 Å². The number of carbonyl (C=O) groups is 1. The van der Waals surface area contributed by atoms with Crippen LogP contribution in [0.15, 0.2) is 29.5 Å². The van der Waals surface area contributed by atoms with Gasteiger partial charge in [-0.1, -0.05) is 25.5 Å². The molecule has 0 aromatic carbocycles. The first-order valence-corrected chi connectivity index (χ1v) is 9.94. The summed E-state index contributed by atoms with van der Waals surface area (Å²) in [5.41, 5.74) is -1.52. The van der Waals surface area contributed by atoms with E-state index in [1.54, 1.807) is 26.0 Å². The van der Waals surface area contributed by atoms with Gasteiger partial charge in [-0.05, 0) is 56.6 Å². The van der Waals surface area contributed by atoms with E-state index in [4.69, 9.17) is 0 Å². The third-order valence-electron chi connectivity index (χ3n) is 8.65. The maximum Gasteiger partial charge on any atom is 0.190 e. The second kappa shape index (κ2) is 5.64. The van der Waals surface area contributed by atoms with Crippen LogP contribution in [-0.4, -0.2) is 45.1 Å². The van der Waals surface area contributed by atoms with Crippen molar-refractivity contribution in [1.82, 2.24) is 0 Å². The molecule has 0 bridgehead atoms. The molecule has 3 fully saturated rings. The Labute approximate surface area is 159 Å². The molecule has 4 nitrogen and oxygen atoms in total. The molecule has 5 heteroatoms. The summed E-state index contributed by atoms with van der Waals surface area (Å²) in [6.07, 6.45) is 5.93. The summed E-state index contributed by atoms with van der Waals surface area (Å²) in [6.45, 7) is 4.67. The number of alkyl halides is 1. The quantitative estimate of drug-likeness (QED) is 0.647. The molecule has 0 unspecified atom stereocenters. The number of aliphatic hydroxyl groups excluding tert-OH is 2. The fourth-order valence-corrected chi connectivity index (χ4v) is 7.16. The fourth-order valence-electron chi connectivity index (χ4n) is 7.16. The second-order valence-corrected chi connectivity index (χ2v) is 9.51. The van der Waals surface area contributed by atoms with E-state index in [-0.39, 0.29) is 12.3 Å². The minimum Gasteiger partial charge on any atom is -0.390 e. The molecule has 4 aliphatic carbocycles. The van der Waals surface area contributed by atoms with E-state index in [9.17, 15) is 20.1 Å². The molecule has 0 aromatic rings. The predicted octanol–water partition coefficient (Wildman–Crippen LogP) is 2.48. The molecule has 3 N–H and O–H groups in total. The topological polar surface area (TPSA) is 77.8 Å². The zero-order chi connectivity index (χ0) is 19.8. The second-order valence-electron chi connectivity index (χ2n) is 9.51. The van der Waals surface area contributed by atoms with Crippen LogP contribution in [0, 0.1) is 28.6 Å². The van der Waals surface area contributed by atoms with Crippen LogP contribution in [0.4, 0.5) is 4.39 Å². The van der Waals surface area contributed by atoms with Gasteiger partial charge in [0, 0.05) is 11.3 Å². The molecular formula is C22H29FO4. The van der Waals surface area contributed by atoms with Crippen molar-refractivity contribution in [1.29, 1.82) is 0 Å². The van der Waals surface area contributed by atoms with Crippen molar-refractivity contribution in [2.24, 2.45) is 28.6 Å². The van der Waals surface area contributed by atoms with E-state index in [1.165, 1.54) is 0 Å². The van der Waals surface area contributed by atoms with Crippen molar-refractivity contribution in [3.8, 4) is 0 Å². The molecule has 0 aliphatic heterocycles. The number of ketones is 1.